The normalized spacial score (nSPS) is 15.6. The van der Waals surface area contributed by atoms with Crippen LogP contribution in [0.1, 0.15) is 4.88 Å². The molecule has 0 saturated heterocycles. The summed E-state index contributed by atoms with van der Waals surface area (Å²) in [7, 11) is 0. The van der Waals surface area contributed by atoms with Crippen LogP contribution in [-0.4, -0.2) is 29.8 Å². The summed E-state index contributed by atoms with van der Waals surface area (Å²) in [4.78, 5) is 18.9. The van der Waals surface area contributed by atoms with Gasteiger partial charge in [-0.2, -0.15) is 10.1 Å². The quantitative estimate of drug-likeness (QED) is 0.281. The van der Waals surface area contributed by atoms with Gasteiger partial charge in [-0.3, -0.25) is 4.79 Å². The second-order valence-corrected chi connectivity index (χ2v) is 9.29. The fourth-order valence-electron chi connectivity index (χ4n) is 2.93. The number of aromatic nitrogens is 1. The second-order valence-electron chi connectivity index (χ2n) is 6.38. The van der Waals surface area contributed by atoms with Gasteiger partial charge in [0, 0.05) is 9.35 Å². The molecule has 1 unspecified atom stereocenters. The molecule has 0 N–H and O–H groups in total. The van der Waals surface area contributed by atoms with Crippen molar-refractivity contribution in [3.63, 3.8) is 0 Å². The van der Waals surface area contributed by atoms with E-state index >= 15 is 0 Å². The number of anilines is 1. The first-order valence-corrected chi connectivity index (χ1v) is 11.5. The molecule has 1 aliphatic rings. The summed E-state index contributed by atoms with van der Waals surface area (Å²) in [5.41, 5.74) is 0.800. The molecule has 0 fully saturated rings. The van der Waals surface area contributed by atoms with Gasteiger partial charge in [-0.05, 0) is 41.8 Å². The summed E-state index contributed by atoms with van der Waals surface area (Å²) in [5, 5.41) is 8.19. The third kappa shape index (κ3) is 3.83. The van der Waals surface area contributed by atoms with Crippen LogP contribution in [0, 0.1) is 0 Å². The molecule has 1 aliphatic heterocycles. The molecule has 0 bridgehead atoms. The van der Waals surface area contributed by atoms with E-state index in [9.17, 15) is 4.79 Å². The zero-order valence-electron chi connectivity index (χ0n) is 15.4. The number of carbonyl (C=O) groups excluding carboxylic acids is 1. The molecule has 0 aliphatic carbocycles. The molecule has 1 amide bonds. The molecule has 4 aromatic rings. The molecule has 2 aromatic carbocycles. The highest BCUT2D eigenvalue weighted by Gasteiger charge is 2.33. The van der Waals surface area contributed by atoms with Gasteiger partial charge in [0.15, 0.2) is 11.5 Å². The molecule has 5 rings (SSSR count). The van der Waals surface area contributed by atoms with Crippen molar-refractivity contribution in [2.24, 2.45) is 5.10 Å². The monoisotopic (exact) mass is 499 g/mol. The fraction of sp³-hybridized carbons (Fsp3) is 0.0952. The number of carbonyl (C=O) groups is 1. The van der Waals surface area contributed by atoms with Crippen LogP contribution in [0.25, 0.3) is 10.2 Å². The molecule has 0 radical (unpaired) electrons. The van der Waals surface area contributed by atoms with Crippen LogP contribution < -0.4 is 14.5 Å². The third-order valence-electron chi connectivity index (χ3n) is 4.36. The largest absolute Gasteiger partial charge is 0.485 e. The Morgan fingerprint density at radius 3 is 2.90 bits per heavy atom. The minimum absolute atomic E-state index is 0.108. The average molecular weight is 500 g/mol. The Morgan fingerprint density at radius 2 is 2.07 bits per heavy atom. The Bertz CT molecular complexity index is 1240. The van der Waals surface area contributed by atoms with E-state index in [1.165, 1.54) is 27.7 Å². The molecule has 3 heterocycles. The van der Waals surface area contributed by atoms with Gasteiger partial charge in [0.1, 0.15) is 6.61 Å². The lowest BCUT2D eigenvalue weighted by Crippen LogP contribution is -2.44. The van der Waals surface area contributed by atoms with Crippen LogP contribution in [-0.2, 0) is 4.79 Å². The van der Waals surface area contributed by atoms with E-state index in [-0.39, 0.29) is 12.5 Å². The van der Waals surface area contributed by atoms with Crippen molar-refractivity contribution in [1.29, 1.82) is 0 Å². The van der Waals surface area contributed by atoms with Crippen molar-refractivity contribution < 1.29 is 14.3 Å². The fourth-order valence-corrected chi connectivity index (χ4v) is 4.99. The maximum Gasteiger partial charge on any atom is 0.294 e. The number of hydrazone groups is 1. The highest BCUT2D eigenvalue weighted by Crippen LogP contribution is 2.34. The SMILES string of the molecule is O=C(C1COc2ccccc2O1)N(/N=C/c1cccs1)c1nc2ccc(Br)cc2s1. The van der Waals surface area contributed by atoms with Gasteiger partial charge >= 0.3 is 0 Å². The van der Waals surface area contributed by atoms with Crippen LogP contribution in [0.5, 0.6) is 11.5 Å². The predicted molar refractivity (Wildman–Crippen MR) is 123 cm³/mol. The van der Waals surface area contributed by atoms with Gasteiger partial charge in [-0.15, -0.1) is 11.3 Å². The molecule has 30 heavy (non-hydrogen) atoms. The standard InChI is InChI=1S/C21H14BrN3O3S2/c22-13-7-8-15-19(10-13)30-21(24-15)25(23-11-14-4-3-9-29-14)20(26)18-12-27-16-5-1-2-6-17(16)28-18/h1-11,18H,12H2/b23-11+. The Labute approximate surface area is 188 Å². The Morgan fingerprint density at radius 1 is 1.20 bits per heavy atom. The first-order chi connectivity index (χ1) is 14.7. The first-order valence-electron chi connectivity index (χ1n) is 9.03. The topological polar surface area (TPSA) is 64.0 Å². The summed E-state index contributed by atoms with van der Waals surface area (Å²) in [5.74, 6) is 0.827. The average Bonchev–Trinajstić information content (AvgIpc) is 3.43. The minimum Gasteiger partial charge on any atom is -0.485 e. The summed E-state index contributed by atoms with van der Waals surface area (Å²) in [6.45, 7) is 0.108. The van der Waals surface area contributed by atoms with Crippen molar-refractivity contribution in [2.75, 3.05) is 11.6 Å². The van der Waals surface area contributed by atoms with E-state index in [4.69, 9.17) is 9.47 Å². The van der Waals surface area contributed by atoms with Crippen molar-refractivity contribution in [3.8, 4) is 11.5 Å². The third-order valence-corrected chi connectivity index (χ3v) is 6.65. The number of hydrogen-bond donors (Lipinski definition) is 0. The number of thiazole rings is 1. The number of thiophene rings is 1. The van der Waals surface area contributed by atoms with Gasteiger partial charge < -0.3 is 9.47 Å². The van der Waals surface area contributed by atoms with Crippen molar-refractivity contribution in [1.82, 2.24) is 4.98 Å². The van der Waals surface area contributed by atoms with Crippen LogP contribution in [0.2, 0.25) is 0 Å². The maximum absolute atomic E-state index is 13.4. The number of nitrogens with zero attached hydrogens (tertiary/aromatic N) is 3. The molecule has 2 aromatic heterocycles. The van der Waals surface area contributed by atoms with E-state index in [1.807, 2.05) is 53.9 Å². The summed E-state index contributed by atoms with van der Waals surface area (Å²) in [6, 6.07) is 17.0. The van der Waals surface area contributed by atoms with Crippen LogP contribution in [0.4, 0.5) is 5.13 Å². The number of halogens is 1. The molecular weight excluding hydrogens is 486 g/mol. The highest BCUT2D eigenvalue weighted by atomic mass is 79.9. The number of ether oxygens (including phenoxy) is 2. The number of benzene rings is 2. The lowest BCUT2D eigenvalue weighted by atomic mass is 10.2. The van der Waals surface area contributed by atoms with Gasteiger partial charge in [0.25, 0.3) is 5.91 Å². The molecule has 1 atom stereocenters. The summed E-state index contributed by atoms with van der Waals surface area (Å²) >= 11 is 6.41. The first kappa shape index (κ1) is 19.2. The summed E-state index contributed by atoms with van der Waals surface area (Å²) in [6.07, 6.45) is 0.835. The number of fused-ring (bicyclic) bond motifs is 2. The number of hydrogen-bond acceptors (Lipinski definition) is 7. The predicted octanol–water partition coefficient (Wildman–Crippen LogP) is 5.33. The van der Waals surface area contributed by atoms with Crippen molar-refractivity contribution in [3.05, 3.63) is 69.3 Å². The molecule has 9 heteroatoms. The molecular formula is C21H14BrN3O3S2. The van der Waals surface area contributed by atoms with E-state index in [0.29, 0.717) is 16.6 Å². The molecule has 150 valence electrons. The lowest BCUT2D eigenvalue weighted by Gasteiger charge is -2.27. The molecule has 6 nitrogen and oxygen atoms in total. The lowest BCUT2D eigenvalue weighted by molar-refractivity contribution is -0.127. The Kier molecular flexibility index (Phi) is 5.24. The van der Waals surface area contributed by atoms with Crippen molar-refractivity contribution in [2.45, 2.75) is 6.10 Å². The second kappa shape index (κ2) is 8.17. The maximum atomic E-state index is 13.4. The van der Waals surface area contributed by atoms with Gasteiger partial charge in [0.05, 0.1) is 16.4 Å². The van der Waals surface area contributed by atoms with Crippen LogP contribution in [0.3, 0.4) is 0 Å². The summed E-state index contributed by atoms with van der Waals surface area (Å²) < 4.78 is 13.5. The van der Waals surface area contributed by atoms with Gasteiger partial charge in [0.2, 0.25) is 11.2 Å². The van der Waals surface area contributed by atoms with E-state index in [1.54, 1.807) is 12.3 Å². The minimum atomic E-state index is -0.820. The Balaban J connectivity index is 1.49. The smallest absolute Gasteiger partial charge is 0.294 e. The Hall–Kier alpha value is -2.75. The van der Waals surface area contributed by atoms with Crippen LogP contribution in [0.15, 0.2) is 69.6 Å². The van der Waals surface area contributed by atoms with Crippen molar-refractivity contribution >= 4 is 66.1 Å². The highest BCUT2D eigenvalue weighted by molar-refractivity contribution is 9.10. The van der Waals surface area contributed by atoms with E-state index < -0.39 is 6.10 Å². The molecule has 0 saturated carbocycles. The number of amides is 1. The number of rotatable bonds is 4. The zero-order chi connectivity index (χ0) is 20.5. The van der Waals surface area contributed by atoms with Crippen LogP contribution >= 0.6 is 38.6 Å². The van der Waals surface area contributed by atoms with Gasteiger partial charge in [-0.25, -0.2) is 4.98 Å². The molecule has 0 spiro atoms. The van der Waals surface area contributed by atoms with E-state index in [2.05, 4.69) is 26.0 Å². The zero-order valence-corrected chi connectivity index (χ0v) is 18.6. The van der Waals surface area contributed by atoms with E-state index in [0.717, 1.165) is 19.6 Å². The number of para-hydroxylation sites is 2. The van der Waals surface area contributed by atoms with Gasteiger partial charge in [-0.1, -0.05) is 45.5 Å².